The highest BCUT2D eigenvalue weighted by molar-refractivity contribution is 7.80. The third-order valence-corrected chi connectivity index (χ3v) is 13.5. The van der Waals surface area contributed by atoms with Gasteiger partial charge < -0.3 is 148 Å². The lowest BCUT2D eigenvalue weighted by molar-refractivity contribution is -0.405. The van der Waals surface area contributed by atoms with Gasteiger partial charge in [0.05, 0.1) is 39.6 Å². The van der Waals surface area contributed by atoms with Crippen molar-refractivity contribution in [2.45, 2.75) is 184 Å². The van der Waals surface area contributed by atoms with Gasteiger partial charge in [0.15, 0.2) is 44.5 Å². The average Bonchev–Trinajstić information content (AvgIpc) is 3.35. The van der Waals surface area contributed by atoms with E-state index in [0.717, 1.165) is 0 Å². The molecule has 12 bridgehead atoms. The van der Waals surface area contributed by atoms with Crippen molar-refractivity contribution >= 4 is 10.4 Å². The van der Waals surface area contributed by atoms with Gasteiger partial charge in [-0.1, -0.05) is 0 Å². The zero-order valence-corrected chi connectivity index (χ0v) is 38.1. The van der Waals surface area contributed by atoms with Crippen LogP contribution in [0.15, 0.2) is 0 Å². The van der Waals surface area contributed by atoms with Crippen LogP contribution in [0.25, 0.3) is 0 Å². The summed E-state index contributed by atoms with van der Waals surface area (Å²) in [5.41, 5.74) is 0. The lowest BCUT2D eigenvalue weighted by Crippen LogP contribution is -2.69. The molecule has 0 unspecified atom stereocenters. The first-order chi connectivity index (χ1) is 34.1. The van der Waals surface area contributed by atoms with Gasteiger partial charge >= 0.3 is 10.4 Å². The van der Waals surface area contributed by atoms with E-state index in [9.17, 15) is 99.8 Å². The summed E-state index contributed by atoms with van der Waals surface area (Å²) in [6, 6.07) is 0. The molecule has 0 saturated carbocycles. The Morgan fingerprint density at radius 2 is 0.514 bits per heavy atom. The molecule has 0 aliphatic carbocycles. The maximum atomic E-state index is 11.6. The van der Waals surface area contributed by atoms with Crippen LogP contribution in [0.2, 0.25) is 0 Å². The van der Waals surface area contributed by atoms with Gasteiger partial charge in [-0.15, -0.1) is 0 Å². The van der Waals surface area contributed by atoms with Gasteiger partial charge in [-0.25, -0.2) is 4.18 Å². The van der Waals surface area contributed by atoms with Crippen molar-refractivity contribution in [3.63, 3.8) is 0 Å². The molecule has 22 aliphatic heterocycles. The van der Waals surface area contributed by atoms with Crippen molar-refractivity contribution < 1.29 is 166 Å². The van der Waals surface area contributed by atoms with Crippen LogP contribution in [0, 0.1) is 0 Å². The van der Waals surface area contributed by atoms with Gasteiger partial charge in [0.2, 0.25) is 0 Å². The van der Waals surface area contributed by atoms with Crippen LogP contribution in [-0.4, -0.2) is 330 Å². The smallest absolute Gasteiger partial charge is 0.394 e. The van der Waals surface area contributed by atoms with Crippen molar-refractivity contribution in [2.24, 2.45) is 0 Å². The minimum Gasteiger partial charge on any atom is -0.394 e. The van der Waals surface area contributed by atoms with Gasteiger partial charge in [0, 0.05) is 0 Å². The van der Waals surface area contributed by atoms with Crippen LogP contribution in [0.3, 0.4) is 0 Å². The molecule has 0 aromatic rings. The predicted molar refractivity (Wildman–Crippen MR) is 212 cm³/mol. The van der Waals surface area contributed by atoms with Crippen LogP contribution >= 0.6 is 0 Å². The summed E-state index contributed by atoms with van der Waals surface area (Å²) in [5.74, 6) is 0. The molecule has 0 radical (unpaired) electrons. The lowest BCUT2D eigenvalue weighted by Gasteiger charge is -2.51. The quantitative estimate of drug-likeness (QED) is 0.0713. The van der Waals surface area contributed by atoms with Gasteiger partial charge in [-0.05, 0) is 0 Å². The molecule has 22 aliphatic rings. The summed E-state index contributed by atoms with van der Waals surface area (Å²) in [6.07, 6.45) is -60.8. The molecule has 0 amide bonds. The van der Waals surface area contributed by atoms with Gasteiger partial charge in [-0.3, -0.25) is 4.55 Å². The van der Waals surface area contributed by atoms with Crippen molar-refractivity contribution in [1.82, 2.24) is 0 Å². The SMILES string of the molecule is O=S(=O)(O)OCO[C@@H]1[C@@H](O)[C@H]2O[C@H]3[C@H](O)[C@@H](O)[C@@H](O[C@H]4[C@H](O)[C@@H](O)[C@@H](O[C@H]5[C@H](O)[C@@H](O)[C@@H](O[C@H]6[C@H](O)[C@@H](O)[C@@H](O[C@H]7[C@H](O)[C@@H](O)[C@@H](O[C@H]1[C@@H](CO)O2)O[C@@H]7CO)O[C@@H]6CO)O[C@@H]5CO)O[C@@H]4CO)O[C@@H]3CO. The third kappa shape index (κ3) is 12.0. The Labute approximate surface area is 406 Å². The summed E-state index contributed by atoms with van der Waals surface area (Å²) in [7, 11) is -5.24. The van der Waals surface area contributed by atoms with Crippen LogP contribution in [0.5, 0.6) is 0 Å². The number of aliphatic hydroxyl groups excluding tert-OH is 17. The van der Waals surface area contributed by atoms with E-state index in [1.807, 2.05) is 0 Å². The molecule has 0 spiro atoms. The Morgan fingerprint density at radius 3 is 0.736 bits per heavy atom. The minimum atomic E-state index is -5.24. The highest BCUT2D eigenvalue weighted by atomic mass is 32.3. The summed E-state index contributed by atoms with van der Waals surface area (Å²) in [4.78, 5) is 0. The molecule has 35 heteroatoms. The highest BCUT2D eigenvalue weighted by Gasteiger charge is 2.59. The first-order valence-electron chi connectivity index (χ1n) is 22.3. The van der Waals surface area contributed by atoms with Crippen LogP contribution in [0.1, 0.15) is 0 Å². The van der Waals surface area contributed by atoms with E-state index in [1.54, 1.807) is 0 Å². The first kappa shape index (κ1) is 58.4. The summed E-state index contributed by atoms with van der Waals surface area (Å²) >= 11 is 0. The van der Waals surface area contributed by atoms with E-state index in [0.29, 0.717) is 0 Å². The van der Waals surface area contributed by atoms with Crippen molar-refractivity contribution in [1.29, 1.82) is 0 Å². The molecule has 34 nitrogen and oxygen atoms in total. The fourth-order valence-electron chi connectivity index (χ4n) is 9.27. The largest absolute Gasteiger partial charge is 0.399 e. The third-order valence-electron chi connectivity index (χ3n) is 13.1. The molecule has 30 atom stereocenters. The molecular formula is C37H62O34S. The maximum Gasteiger partial charge on any atom is 0.399 e. The fourth-order valence-corrected chi connectivity index (χ4v) is 9.45. The Hall–Kier alpha value is -1.33. The van der Waals surface area contributed by atoms with Crippen molar-refractivity contribution in [2.75, 3.05) is 46.4 Å². The van der Waals surface area contributed by atoms with Gasteiger partial charge in [0.25, 0.3) is 0 Å². The number of rotatable bonds is 10. The fraction of sp³-hybridized carbons (Fsp3) is 1.00. The number of hydrogen-bond donors (Lipinski definition) is 18. The molecule has 22 heterocycles. The topological polar surface area (TPSA) is 528 Å². The molecule has 18 N–H and O–H groups in total. The van der Waals surface area contributed by atoms with E-state index in [-0.39, 0.29) is 0 Å². The average molecular weight is 1080 g/mol. The van der Waals surface area contributed by atoms with E-state index in [1.165, 1.54) is 0 Å². The lowest BCUT2D eigenvalue weighted by atomic mass is 9.94. The molecule has 22 rings (SSSR count). The Bertz CT molecular complexity index is 1800. The second-order valence-electron chi connectivity index (χ2n) is 17.6. The zero-order valence-electron chi connectivity index (χ0n) is 37.3. The van der Waals surface area contributed by atoms with E-state index >= 15 is 0 Å². The van der Waals surface area contributed by atoms with Crippen molar-refractivity contribution in [3.05, 3.63) is 0 Å². The number of aliphatic hydroxyl groups is 17. The van der Waals surface area contributed by atoms with Crippen LogP contribution in [-0.2, 0) is 76.2 Å². The zero-order chi connectivity index (χ0) is 52.7. The summed E-state index contributed by atoms with van der Waals surface area (Å²) in [6.45, 7) is -7.81. The van der Waals surface area contributed by atoms with Crippen LogP contribution < -0.4 is 0 Å². The summed E-state index contributed by atoms with van der Waals surface area (Å²) < 4.78 is 110. The Morgan fingerprint density at radius 1 is 0.306 bits per heavy atom. The number of hydrogen-bond acceptors (Lipinski definition) is 33. The normalized spacial score (nSPS) is 52.0. The molecule has 420 valence electrons. The maximum absolute atomic E-state index is 11.6. The Kier molecular flexibility index (Phi) is 19.9. The molecule has 22 fully saturated rings. The monoisotopic (exact) mass is 1080 g/mol. The second-order valence-corrected chi connectivity index (χ2v) is 18.7. The molecule has 0 aromatic heterocycles. The minimum absolute atomic E-state index is 1.03. The van der Waals surface area contributed by atoms with E-state index < -0.39 is 241 Å². The summed E-state index contributed by atoms with van der Waals surface area (Å²) in [5, 5.41) is 186. The highest BCUT2D eigenvalue weighted by Crippen LogP contribution is 2.38. The molecule has 72 heavy (non-hydrogen) atoms. The van der Waals surface area contributed by atoms with Crippen molar-refractivity contribution in [3.8, 4) is 0 Å². The van der Waals surface area contributed by atoms with Gasteiger partial charge in [0.1, 0.15) is 146 Å². The first-order valence-corrected chi connectivity index (χ1v) is 23.7. The molecule has 22 saturated heterocycles. The Balaban J connectivity index is 1.22. The number of ether oxygens (including phenoxy) is 13. The molecule has 0 aromatic carbocycles. The van der Waals surface area contributed by atoms with Gasteiger partial charge in [-0.2, -0.15) is 8.42 Å². The standard InChI is InChI=1S/C37H62O34S/c38-1-8-25-14(44)19(49)32(60-8)67-26-9(2-39)62-34(21(51)16(26)46)69-28-11(4-41)64-36(23(53)18(28)48)71-30-13(6-43)65-37(24(54)31(30)58-7-59-72(55,56)57)70-29-12(5-42)63-35(22(52)17(29)47)68-27-10(3-40)61-33(66-25)20(50)15(27)45/h8-54H,1-7H2,(H,55,56,57)/t8-,9-,10-,11-,12-,13-,14-,15-,16-,17-,18-,19-,20-,21-,22-,23-,24-,25-,26-,27-,28-,29-,30+,31-,32-,33-,34-,35-,36-,37-/m1/s1. The van der Waals surface area contributed by atoms with E-state index in [4.69, 9.17) is 61.6 Å². The molecular weight excluding hydrogens is 1020 g/mol. The van der Waals surface area contributed by atoms with E-state index in [2.05, 4.69) is 4.18 Å². The second kappa shape index (κ2) is 24.6. The van der Waals surface area contributed by atoms with Crippen LogP contribution in [0.4, 0.5) is 0 Å². The predicted octanol–water partition coefficient (Wildman–Crippen LogP) is -13.3.